The highest BCUT2D eigenvalue weighted by atomic mass is 16.2. The zero-order valence-corrected chi connectivity index (χ0v) is 15.4. The summed E-state index contributed by atoms with van der Waals surface area (Å²) in [6.07, 6.45) is 7.31. The van der Waals surface area contributed by atoms with Crippen LogP contribution < -0.4 is 5.32 Å². The van der Waals surface area contributed by atoms with Gasteiger partial charge in [-0.3, -0.25) is 9.59 Å². The number of carbonyl (C=O) groups is 2. The molecule has 1 unspecified atom stereocenters. The van der Waals surface area contributed by atoms with Crippen LogP contribution in [-0.2, 0) is 16.1 Å². The van der Waals surface area contributed by atoms with Gasteiger partial charge in [-0.1, -0.05) is 29.8 Å². The van der Waals surface area contributed by atoms with E-state index in [0.717, 1.165) is 11.1 Å². The number of hydrogen-bond acceptors (Lipinski definition) is 5. The number of hydrogen-bond donors (Lipinski definition) is 1. The second kappa shape index (κ2) is 7.59. The molecule has 4 rings (SSSR count). The molecule has 1 aromatic carbocycles. The summed E-state index contributed by atoms with van der Waals surface area (Å²) in [6, 6.07) is 9.20. The molecule has 1 atom stereocenters. The second-order valence-corrected chi connectivity index (χ2v) is 6.77. The third kappa shape index (κ3) is 3.75. The van der Waals surface area contributed by atoms with E-state index in [1.165, 1.54) is 10.9 Å². The normalized spacial score (nSPS) is 16.4. The van der Waals surface area contributed by atoms with Gasteiger partial charge in [0.2, 0.25) is 17.8 Å². The molecule has 0 aliphatic carbocycles. The first kappa shape index (κ1) is 17.8. The molecule has 2 amide bonds. The Bertz CT molecular complexity index is 983. The van der Waals surface area contributed by atoms with Gasteiger partial charge in [0.05, 0.1) is 18.1 Å². The molecule has 142 valence electrons. The lowest BCUT2D eigenvalue weighted by molar-refractivity contribution is -0.133. The van der Waals surface area contributed by atoms with Crippen molar-refractivity contribution >= 4 is 17.5 Å². The van der Waals surface area contributed by atoms with E-state index in [-0.39, 0.29) is 11.8 Å². The third-order valence-electron chi connectivity index (χ3n) is 4.71. The maximum absolute atomic E-state index is 12.8. The SMILES string of the molecule is Cc1ccc(CN2C(=O)CCC2C(=O)Nc2cnn(-c3ncccn3)c2)cc1. The first-order chi connectivity index (χ1) is 13.6. The molecule has 3 aromatic rings. The maximum atomic E-state index is 12.8. The van der Waals surface area contributed by atoms with Gasteiger partial charge in [-0.15, -0.1) is 0 Å². The Balaban J connectivity index is 1.45. The molecule has 0 saturated carbocycles. The molecule has 8 heteroatoms. The maximum Gasteiger partial charge on any atom is 0.250 e. The minimum Gasteiger partial charge on any atom is -0.326 e. The summed E-state index contributed by atoms with van der Waals surface area (Å²) < 4.78 is 1.49. The number of aryl methyl sites for hydroxylation is 1. The predicted octanol–water partition coefficient (Wildman–Crippen LogP) is 2.10. The van der Waals surface area contributed by atoms with Gasteiger partial charge in [-0.2, -0.15) is 5.10 Å². The molecule has 1 aliphatic heterocycles. The van der Waals surface area contributed by atoms with Gasteiger partial charge in [0.15, 0.2) is 0 Å². The van der Waals surface area contributed by atoms with Gasteiger partial charge < -0.3 is 10.2 Å². The lowest BCUT2D eigenvalue weighted by Gasteiger charge is -2.24. The lowest BCUT2D eigenvalue weighted by atomic mass is 10.1. The van der Waals surface area contributed by atoms with Crippen LogP contribution in [-0.4, -0.2) is 42.5 Å². The van der Waals surface area contributed by atoms with Crippen LogP contribution in [0.5, 0.6) is 0 Å². The molecule has 8 nitrogen and oxygen atoms in total. The van der Waals surface area contributed by atoms with E-state index in [1.54, 1.807) is 29.6 Å². The van der Waals surface area contributed by atoms with Gasteiger partial charge in [-0.25, -0.2) is 14.6 Å². The number of rotatable bonds is 5. The van der Waals surface area contributed by atoms with Crippen LogP contribution in [0.4, 0.5) is 5.69 Å². The molecule has 0 spiro atoms. The van der Waals surface area contributed by atoms with Crippen molar-refractivity contribution in [2.45, 2.75) is 32.4 Å². The first-order valence-electron chi connectivity index (χ1n) is 9.08. The van der Waals surface area contributed by atoms with Crippen molar-refractivity contribution in [3.05, 3.63) is 66.2 Å². The number of amides is 2. The van der Waals surface area contributed by atoms with Gasteiger partial charge in [0.1, 0.15) is 6.04 Å². The van der Waals surface area contributed by atoms with E-state index < -0.39 is 6.04 Å². The van der Waals surface area contributed by atoms with Gasteiger partial charge >= 0.3 is 0 Å². The summed E-state index contributed by atoms with van der Waals surface area (Å²) in [5.41, 5.74) is 2.70. The molecule has 1 aliphatic rings. The van der Waals surface area contributed by atoms with Crippen LogP contribution in [0.3, 0.4) is 0 Å². The molecule has 0 bridgehead atoms. The summed E-state index contributed by atoms with van der Waals surface area (Å²) in [4.78, 5) is 35.0. The minimum atomic E-state index is -0.495. The van der Waals surface area contributed by atoms with Crippen molar-refractivity contribution in [1.82, 2.24) is 24.6 Å². The van der Waals surface area contributed by atoms with Crippen LogP contribution in [0.25, 0.3) is 5.95 Å². The summed E-state index contributed by atoms with van der Waals surface area (Å²) in [5, 5.41) is 7.02. The number of likely N-dealkylation sites (tertiary alicyclic amines) is 1. The first-order valence-corrected chi connectivity index (χ1v) is 9.08. The van der Waals surface area contributed by atoms with Crippen LogP contribution >= 0.6 is 0 Å². The Morgan fingerprint density at radius 1 is 1.21 bits per heavy atom. The van der Waals surface area contributed by atoms with Crippen molar-refractivity contribution in [2.75, 3.05) is 5.32 Å². The molecule has 28 heavy (non-hydrogen) atoms. The summed E-state index contributed by atoms with van der Waals surface area (Å²) in [5.74, 6) is 0.195. The smallest absolute Gasteiger partial charge is 0.250 e. The zero-order valence-electron chi connectivity index (χ0n) is 15.4. The number of aromatic nitrogens is 4. The number of benzene rings is 1. The summed E-state index contributed by atoms with van der Waals surface area (Å²) in [7, 11) is 0. The average Bonchev–Trinajstić information content (AvgIpc) is 3.31. The fourth-order valence-electron chi connectivity index (χ4n) is 3.23. The topological polar surface area (TPSA) is 93.0 Å². The van der Waals surface area contributed by atoms with Crippen LogP contribution in [0.15, 0.2) is 55.1 Å². The Morgan fingerprint density at radius 3 is 2.71 bits per heavy atom. The molecule has 2 aromatic heterocycles. The largest absolute Gasteiger partial charge is 0.326 e. The third-order valence-corrected chi connectivity index (χ3v) is 4.71. The summed E-state index contributed by atoms with van der Waals surface area (Å²) in [6.45, 7) is 2.44. The van der Waals surface area contributed by atoms with Crippen molar-refractivity contribution in [3.63, 3.8) is 0 Å². The Kier molecular flexibility index (Phi) is 4.84. The lowest BCUT2D eigenvalue weighted by Crippen LogP contribution is -2.41. The fourth-order valence-corrected chi connectivity index (χ4v) is 3.23. The van der Waals surface area contributed by atoms with E-state index in [9.17, 15) is 9.59 Å². The molecule has 3 heterocycles. The van der Waals surface area contributed by atoms with Crippen molar-refractivity contribution in [2.24, 2.45) is 0 Å². The van der Waals surface area contributed by atoms with E-state index in [0.29, 0.717) is 31.0 Å². The highest BCUT2D eigenvalue weighted by Gasteiger charge is 2.36. The fraction of sp³-hybridized carbons (Fsp3) is 0.250. The van der Waals surface area contributed by atoms with E-state index in [1.807, 2.05) is 31.2 Å². The van der Waals surface area contributed by atoms with Gasteiger partial charge in [0, 0.05) is 25.4 Å². The molecule has 0 radical (unpaired) electrons. The molecule has 1 N–H and O–H groups in total. The van der Waals surface area contributed by atoms with Crippen molar-refractivity contribution in [1.29, 1.82) is 0 Å². The zero-order chi connectivity index (χ0) is 19.5. The predicted molar refractivity (Wildman–Crippen MR) is 103 cm³/mol. The van der Waals surface area contributed by atoms with E-state index >= 15 is 0 Å². The Hall–Kier alpha value is -3.55. The number of anilines is 1. The number of nitrogens with zero attached hydrogens (tertiary/aromatic N) is 5. The van der Waals surface area contributed by atoms with Crippen molar-refractivity contribution in [3.8, 4) is 5.95 Å². The monoisotopic (exact) mass is 376 g/mol. The van der Waals surface area contributed by atoms with Gasteiger partial charge in [-0.05, 0) is 25.0 Å². The Morgan fingerprint density at radius 2 is 1.96 bits per heavy atom. The highest BCUT2D eigenvalue weighted by Crippen LogP contribution is 2.23. The highest BCUT2D eigenvalue weighted by molar-refractivity contribution is 5.98. The van der Waals surface area contributed by atoms with Crippen LogP contribution in [0, 0.1) is 6.92 Å². The summed E-state index contributed by atoms with van der Waals surface area (Å²) >= 11 is 0. The van der Waals surface area contributed by atoms with Crippen LogP contribution in [0.2, 0.25) is 0 Å². The van der Waals surface area contributed by atoms with E-state index in [2.05, 4.69) is 20.4 Å². The van der Waals surface area contributed by atoms with E-state index in [4.69, 9.17) is 0 Å². The molecular weight excluding hydrogens is 356 g/mol. The number of nitrogens with one attached hydrogen (secondary N) is 1. The Labute approximate surface area is 162 Å². The quantitative estimate of drug-likeness (QED) is 0.736. The average molecular weight is 376 g/mol. The van der Waals surface area contributed by atoms with Crippen molar-refractivity contribution < 1.29 is 9.59 Å². The molecule has 1 saturated heterocycles. The minimum absolute atomic E-state index is 0.00546. The number of carbonyl (C=O) groups excluding carboxylic acids is 2. The second-order valence-electron chi connectivity index (χ2n) is 6.77. The molecule has 1 fully saturated rings. The standard InChI is InChI=1S/C20H20N6O2/c1-14-3-5-15(6-4-14)12-25-17(7-8-18(25)27)19(28)24-16-11-23-26(13-16)20-21-9-2-10-22-20/h2-6,9-11,13,17H,7-8,12H2,1H3,(H,24,28). The van der Waals surface area contributed by atoms with Crippen LogP contribution in [0.1, 0.15) is 24.0 Å². The molecular formula is C20H20N6O2. The van der Waals surface area contributed by atoms with Gasteiger partial charge in [0.25, 0.3) is 0 Å².